The van der Waals surface area contributed by atoms with Gasteiger partial charge in [-0.25, -0.2) is 0 Å². The Balaban J connectivity index is 2.39. The Morgan fingerprint density at radius 2 is 1.94 bits per heavy atom. The second kappa shape index (κ2) is 3.67. The van der Waals surface area contributed by atoms with Crippen LogP contribution in [0.4, 0.5) is 0 Å². The topological polar surface area (TPSA) is 37.3 Å². The summed E-state index contributed by atoms with van der Waals surface area (Å²) in [6.45, 7) is 11.8. The minimum atomic E-state index is -1.58. The van der Waals surface area contributed by atoms with E-state index in [-0.39, 0.29) is 22.1 Å². The zero-order valence-corrected chi connectivity index (χ0v) is 12.8. The van der Waals surface area contributed by atoms with Crippen LogP contribution < -0.4 is 0 Å². The second-order valence-corrected chi connectivity index (χ2v) is 13.5. The van der Waals surface area contributed by atoms with Crippen LogP contribution in [0.3, 0.4) is 0 Å². The van der Waals surface area contributed by atoms with Gasteiger partial charge < -0.3 is 5.11 Å². The Bertz CT molecular complexity index is 343. The standard InChI is InChI=1S/C14H26O2Si/c1-13(2,3)17(4,5)14-7-6-10(11(15)8-14)12(16)9-14/h10-11,15H,6-9H2,1-5H3. The van der Waals surface area contributed by atoms with E-state index < -0.39 is 8.07 Å². The largest absolute Gasteiger partial charge is 0.392 e. The summed E-state index contributed by atoms with van der Waals surface area (Å²) in [6.07, 6.45) is 3.34. The van der Waals surface area contributed by atoms with Crippen molar-refractivity contribution in [1.29, 1.82) is 0 Å². The quantitative estimate of drug-likeness (QED) is 0.728. The normalized spacial score (nSPS) is 38.6. The number of fused-ring (bicyclic) bond motifs is 3. The van der Waals surface area contributed by atoms with Crippen molar-refractivity contribution in [2.45, 2.75) is 75.7 Å². The maximum absolute atomic E-state index is 12.1. The van der Waals surface area contributed by atoms with Gasteiger partial charge in [0, 0.05) is 12.3 Å². The number of rotatable bonds is 1. The molecule has 0 spiro atoms. The van der Waals surface area contributed by atoms with Gasteiger partial charge in [-0.1, -0.05) is 33.9 Å². The van der Waals surface area contributed by atoms with Gasteiger partial charge >= 0.3 is 0 Å². The molecule has 0 heterocycles. The first kappa shape index (κ1) is 13.3. The summed E-state index contributed by atoms with van der Waals surface area (Å²) in [5.74, 6) is 0.293. The zero-order chi connectivity index (χ0) is 13.1. The SMILES string of the molecule is CC(C)(C)[Si](C)(C)C12CCC(C(=O)C1)C(O)C2. The lowest BCUT2D eigenvalue weighted by Gasteiger charge is -2.59. The highest BCUT2D eigenvalue weighted by atomic mass is 28.3. The highest BCUT2D eigenvalue weighted by molar-refractivity contribution is 6.83. The van der Waals surface area contributed by atoms with Crippen LogP contribution in [0.2, 0.25) is 23.2 Å². The third-order valence-electron chi connectivity index (χ3n) is 6.13. The molecule has 3 heteroatoms. The number of ketones is 1. The third kappa shape index (κ3) is 1.74. The lowest BCUT2D eigenvalue weighted by Crippen LogP contribution is -2.58. The highest BCUT2D eigenvalue weighted by Crippen LogP contribution is 2.64. The maximum Gasteiger partial charge on any atom is 0.138 e. The molecule has 3 rings (SSSR count). The zero-order valence-electron chi connectivity index (χ0n) is 11.8. The fourth-order valence-corrected chi connectivity index (χ4v) is 7.55. The van der Waals surface area contributed by atoms with Gasteiger partial charge in [0.15, 0.2) is 0 Å². The molecule has 3 atom stereocenters. The molecular weight excluding hydrogens is 228 g/mol. The van der Waals surface area contributed by atoms with Crippen molar-refractivity contribution in [1.82, 2.24) is 0 Å². The lowest BCUT2D eigenvalue weighted by atomic mass is 9.67. The van der Waals surface area contributed by atoms with Crippen LogP contribution in [0, 0.1) is 5.92 Å². The molecule has 3 saturated carbocycles. The van der Waals surface area contributed by atoms with E-state index in [1.54, 1.807) is 0 Å². The van der Waals surface area contributed by atoms with Gasteiger partial charge in [-0.2, -0.15) is 0 Å². The Morgan fingerprint density at radius 3 is 2.35 bits per heavy atom. The Hall–Kier alpha value is -0.153. The molecule has 3 aliphatic carbocycles. The van der Waals surface area contributed by atoms with Crippen LogP contribution in [0.15, 0.2) is 0 Å². The van der Waals surface area contributed by atoms with Crippen molar-refractivity contribution in [2.24, 2.45) is 5.92 Å². The first-order chi connectivity index (χ1) is 7.61. The minimum absolute atomic E-state index is 0.0401. The summed E-state index contributed by atoms with van der Waals surface area (Å²) in [4.78, 5) is 12.1. The van der Waals surface area contributed by atoms with E-state index in [4.69, 9.17) is 0 Å². The van der Waals surface area contributed by atoms with Crippen LogP contribution in [0.5, 0.6) is 0 Å². The van der Waals surface area contributed by atoms with E-state index in [9.17, 15) is 9.90 Å². The number of Topliss-reactive ketones (excluding diaryl/α,β-unsaturated/α-hetero) is 1. The lowest BCUT2D eigenvalue weighted by molar-refractivity contribution is -0.135. The molecular formula is C14H26O2Si. The molecule has 3 aliphatic rings. The molecule has 1 N–H and O–H groups in total. The Labute approximate surface area is 106 Å². The number of hydrogen-bond donors (Lipinski definition) is 1. The molecule has 17 heavy (non-hydrogen) atoms. The smallest absolute Gasteiger partial charge is 0.138 e. The monoisotopic (exact) mass is 254 g/mol. The van der Waals surface area contributed by atoms with Crippen LogP contribution in [-0.4, -0.2) is 25.1 Å². The number of carbonyl (C=O) groups excluding carboxylic acids is 1. The van der Waals surface area contributed by atoms with E-state index in [1.807, 2.05) is 0 Å². The van der Waals surface area contributed by atoms with Crippen molar-refractivity contribution in [3.05, 3.63) is 0 Å². The summed E-state index contributed by atoms with van der Waals surface area (Å²) in [5.41, 5.74) is 0. The van der Waals surface area contributed by atoms with E-state index >= 15 is 0 Å². The number of aliphatic hydroxyl groups excluding tert-OH is 1. The summed E-state index contributed by atoms with van der Waals surface area (Å²) < 4.78 is 0. The van der Waals surface area contributed by atoms with Crippen molar-refractivity contribution in [3.8, 4) is 0 Å². The van der Waals surface area contributed by atoms with Crippen molar-refractivity contribution >= 4 is 13.9 Å². The van der Waals surface area contributed by atoms with E-state index in [0.717, 1.165) is 25.7 Å². The van der Waals surface area contributed by atoms with Crippen LogP contribution >= 0.6 is 0 Å². The summed E-state index contributed by atoms with van der Waals surface area (Å²) in [7, 11) is -1.58. The van der Waals surface area contributed by atoms with Gasteiger partial charge in [-0.15, -0.1) is 0 Å². The summed E-state index contributed by atoms with van der Waals surface area (Å²) in [5, 5.41) is 10.6. The molecule has 0 radical (unpaired) electrons. The van der Waals surface area contributed by atoms with Gasteiger partial charge in [-0.3, -0.25) is 4.79 Å². The third-order valence-corrected chi connectivity index (χ3v) is 13.2. The molecule has 3 unspecified atom stereocenters. The molecule has 0 aromatic rings. The van der Waals surface area contributed by atoms with E-state index in [2.05, 4.69) is 33.9 Å². The van der Waals surface area contributed by atoms with Gasteiger partial charge in [0.1, 0.15) is 5.78 Å². The average molecular weight is 254 g/mol. The molecule has 0 aliphatic heterocycles. The predicted molar refractivity (Wildman–Crippen MR) is 72.9 cm³/mol. The second-order valence-electron chi connectivity index (χ2n) is 7.72. The van der Waals surface area contributed by atoms with Gasteiger partial charge in [-0.05, 0) is 29.3 Å². The molecule has 0 amide bonds. The molecule has 0 saturated heterocycles. The Kier molecular flexibility index (Phi) is 2.87. The summed E-state index contributed by atoms with van der Waals surface area (Å²) in [6, 6.07) is 0. The van der Waals surface area contributed by atoms with Crippen LogP contribution in [0.25, 0.3) is 0 Å². The van der Waals surface area contributed by atoms with E-state index in [1.165, 1.54) is 0 Å². The predicted octanol–water partition coefficient (Wildman–Crippen LogP) is 3.37. The molecule has 2 bridgehead atoms. The first-order valence-electron chi connectivity index (χ1n) is 6.82. The average Bonchev–Trinajstić information content (AvgIpc) is 2.15. The van der Waals surface area contributed by atoms with E-state index in [0.29, 0.717) is 5.78 Å². The molecule has 0 aromatic heterocycles. The van der Waals surface area contributed by atoms with Crippen molar-refractivity contribution in [3.63, 3.8) is 0 Å². The molecule has 3 fully saturated rings. The highest BCUT2D eigenvalue weighted by Gasteiger charge is 2.60. The summed E-state index contributed by atoms with van der Waals surface area (Å²) >= 11 is 0. The minimum Gasteiger partial charge on any atom is -0.392 e. The van der Waals surface area contributed by atoms with Crippen LogP contribution in [0.1, 0.15) is 46.5 Å². The fourth-order valence-electron chi connectivity index (χ4n) is 3.85. The number of aliphatic hydroxyl groups is 1. The number of hydrogen-bond acceptors (Lipinski definition) is 2. The van der Waals surface area contributed by atoms with Crippen molar-refractivity contribution in [2.75, 3.05) is 0 Å². The number of carbonyl (C=O) groups is 1. The first-order valence-corrected chi connectivity index (χ1v) is 9.82. The van der Waals surface area contributed by atoms with Crippen LogP contribution in [-0.2, 0) is 4.79 Å². The van der Waals surface area contributed by atoms with Gasteiger partial charge in [0.25, 0.3) is 0 Å². The molecule has 0 aromatic carbocycles. The van der Waals surface area contributed by atoms with Gasteiger partial charge in [0.05, 0.1) is 14.2 Å². The fraction of sp³-hybridized carbons (Fsp3) is 0.929. The Morgan fingerprint density at radius 1 is 1.35 bits per heavy atom. The maximum atomic E-state index is 12.1. The van der Waals surface area contributed by atoms with Gasteiger partial charge in [0.2, 0.25) is 0 Å². The molecule has 98 valence electrons. The molecule has 2 nitrogen and oxygen atoms in total. The van der Waals surface area contributed by atoms with Crippen molar-refractivity contribution < 1.29 is 9.90 Å².